The molecule has 0 radical (unpaired) electrons. The van der Waals surface area contributed by atoms with E-state index in [1.54, 1.807) is 29.2 Å². The van der Waals surface area contributed by atoms with Crippen molar-refractivity contribution in [3.8, 4) is 5.75 Å². The molecule has 1 aromatic heterocycles. The first kappa shape index (κ1) is 22.4. The molecule has 2 aromatic rings. The number of nitrogens with zero attached hydrogens (tertiary/aromatic N) is 3. The molecule has 4 N–H and O–H groups in total. The van der Waals surface area contributed by atoms with Crippen LogP contribution >= 0.6 is 11.6 Å². The summed E-state index contributed by atoms with van der Waals surface area (Å²) in [6.45, 7) is 4.57. The number of carbonyl (C=O) groups is 2. The van der Waals surface area contributed by atoms with Gasteiger partial charge >= 0.3 is 0 Å². The zero-order valence-electron chi connectivity index (χ0n) is 15.3. The summed E-state index contributed by atoms with van der Waals surface area (Å²) >= 11 is 6.15. The van der Waals surface area contributed by atoms with Gasteiger partial charge in [0.2, 0.25) is 0 Å². The molecule has 0 aliphatic heterocycles. The van der Waals surface area contributed by atoms with Crippen LogP contribution in [0.5, 0.6) is 5.75 Å². The summed E-state index contributed by atoms with van der Waals surface area (Å²) in [6.07, 6.45) is 3.81. The van der Waals surface area contributed by atoms with Gasteiger partial charge in [0.15, 0.2) is 0 Å². The molecule has 148 valence electrons. The summed E-state index contributed by atoms with van der Waals surface area (Å²) in [5.41, 5.74) is 5.89. The van der Waals surface area contributed by atoms with E-state index in [0.29, 0.717) is 36.0 Å². The van der Waals surface area contributed by atoms with Crippen LogP contribution in [0.25, 0.3) is 0 Å². The molecular weight excluding hydrogens is 374 g/mol. The molecule has 0 aliphatic rings. The summed E-state index contributed by atoms with van der Waals surface area (Å²) in [6, 6.07) is 4.87. The van der Waals surface area contributed by atoms with Crippen LogP contribution < -0.4 is 15.8 Å². The predicted octanol–water partition coefficient (Wildman–Crippen LogP) is 1.57. The zero-order valence-corrected chi connectivity index (χ0v) is 16.0. The van der Waals surface area contributed by atoms with Gasteiger partial charge in [-0.05, 0) is 38.1 Å². The maximum atomic E-state index is 12.2. The van der Waals surface area contributed by atoms with Crippen LogP contribution in [0.4, 0.5) is 0 Å². The Kier molecular flexibility index (Phi) is 9.84. The molecule has 1 amide bonds. The molecule has 0 saturated heterocycles. The highest BCUT2D eigenvalue weighted by Crippen LogP contribution is 2.25. The lowest BCUT2D eigenvalue weighted by molar-refractivity contribution is -0.134. The molecule has 1 aromatic carbocycles. The second kappa shape index (κ2) is 11.9. The van der Waals surface area contributed by atoms with Crippen LogP contribution in [0, 0.1) is 0 Å². The van der Waals surface area contributed by atoms with Crippen LogP contribution in [0.1, 0.15) is 30.6 Å². The third-order valence-corrected chi connectivity index (χ3v) is 3.40. The minimum absolute atomic E-state index is 0.0940. The molecule has 0 aliphatic carbocycles. The molecule has 1 heterocycles. The van der Waals surface area contributed by atoms with Gasteiger partial charge in [0.25, 0.3) is 11.9 Å². The number of benzene rings is 1. The largest absolute Gasteiger partial charge is 0.492 e. The van der Waals surface area contributed by atoms with Crippen LogP contribution in [0.15, 0.2) is 30.9 Å². The molecule has 10 heteroatoms. The topological polar surface area (TPSA) is 132 Å². The number of nitrogens with one attached hydrogen (secondary N) is 1. The van der Waals surface area contributed by atoms with Gasteiger partial charge in [-0.15, -0.1) is 0 Å². The Hall–Kier alpha value is -2.65. The number of carboxylic acid groups (broad SMARTS) is 1. The number of hydrogen-bond donors (Lipinski definition) is 3. The fourth-order valence-corrected chi connectivity index (χ4v) is 2.22. The molecule has 27 heavy (non-hydrogen) atoms. The van der Waals surface area contributed by atoms with E-state index in [1.807, 2.05) is 6.92 Å². The van der Waals surface area contributed by atoms with Crippen molar-refractivity contribution in [2.75, 3.05) is 13.2 Å². The van der Waals surface area contributed by atoms with E-state index in [4.69, 9.17) is 32.0 Å². The van der Waals surface area contributed by atoms with Gasteiger partial charge in [0.05, 0.1) is 18.2 Å². The number of ether oxygens (including phenoxy) is 1. The lowest BCUT2D eigenvalue weighted by Crippen LogP contribution is -2.35. The third-order valence-electron chi connectivity index (χ3n) is 3.11. The Morgan fingerprint density at radius 1 is 1.44 bits per heavy atom. The van der Waals surface area contributed by atoms with Crippen LogP contribution in [0.2, 0.25) is 5.02 Å². The highest BCUT2D eigenvalue weighted by atomic mass is 35.5. The molecule has 0 bridgehead atoms. The molecule has 1 unspecified atom stereocenters. The maximum absolute atomic E-state index is 12.2. The van der Waals surface area contributed by atoms with Gasteiger partial charge in [0, 0.05) is 18.5 Å². The first-order chi connectivity index (χ1) is 12.8. The fraction of sp³-hybridized carbons (Fsp3) is 0.412. The monoisotopic (exact) mass is 397 g/mol. The van der Waals surface area contributed by atoms with Gasteiger partial charge in [-0.25, -0.2) is 4.98 Å². The molecule has 0 saturated carbocycles. The van der Waals surface area contributed by atoms with Crippen LogP contribution in [0.3, 0.4) is 0 Å². The van der Waals surface area contributed by atoms with Gasteiger partial charge in [0.1, 0.15) is 18.4 Å². The molecule has 0 spiro atoms. The van der Waals surface area contributed by atoms with Crippen molar-refractivity contribution in [1.29, 1.82) is 0 Å². The summed E-state index contributed by atoms with van der Waals surface area (Å²) < 4.78 is 7.16. The number of rotatable bonds is 8. The number of nitrogens with two attached hydrogens (primary N) is 1. The average molecular weight is 398 g/mol. The normalized spacial score (nSPS) is 11.1. The van der Waals surface area contributed by atoms with Crippen molar-refractivity contribution in [1.82, 2.24) is 20.1 Å². The Labute approximate surface area is 162 Å². The highest BCUT2D eigenvalue weighted by Gasteiger charge is 2.13. The molecule has 9 nitrogen and oxygen atoms in total. The van der Waals surface area contributed by atoms with Gasteiger partial charge in [-0.3, -0.25) is 14.3 Å². The van der Waals surface area contributed by atoms with E-state index in [0.717, 1.165) is 13.3 Å². The number of halogens is 1. The third kappa shape index (κ3) is 9.02. The summed E-state index contributed by atoms with van der Waals surface area (Å²) in [5.74, 6) is -0.486. The van der Waals surface area contributed by atoms with E-state index < -0.39 is 5.97 Å². The zero-order chi connectivity index (χ0) is 20.2. The lowest BCUT2D eigenvalue weighted by Gasteiger charge is -2.14. The van der Waals surface area contributed by atoms with Crippen molar-refractivity contribution in [3.63, 3.8) is 0 Å². The molecule has 1 atom stereocenters. The Bertz CT molecular complexity index is 720. The minimum atomic E-state index is -0.833. The molecular formula is C17H24ClN5O4. The first-order valence-electron chi connectivity index (χ1n) is 8.28. The number of aliphatic carboxylic acids is 1. The highest BCUT2D eigenvalue weighted by molar-refractivity contribution is 6.32. The maximum Gasteiger partial charge on any atom is 0.300 e. The Morgan fingerprint density at radius 3 is 2.70 bits per heavy atom. The van der Waals surface area contributed by atoms with Crippen molar-refractivity contribution in [3.05, 3.63) is 41.4 Å². The smallest absolute Gasteiger partial charge is 0.300 e. The molecule has 2 rings (SSSR count). The van der Waals surface area contributed by atoms with Crippen molar-refractivity contribution in [2.45, 2.75) is 32.9 Å². The SMILES string of the molecule is CC(=O)O.CC(Cn1cncn1)NC(=O)c1ccc(OCCCN)c(Cl)c1. The second-order valence-corrected chi connectivity index (χ2v) is 6.05. The summed E-state index contributed by atoms with van der Waals surface area (Å²) in [5, 5.41) is 14.7. The van der Waals surface area contributed by atoms with Crippen molar-refractivity contribution in [2.24, 2.45) is 5.73 Å². The fourth-order valence-electron chi connectivity index (χ4n) is 1.98. The second-order valence-electron chi connectivity index (χ2n) is 5.65. The number of carboxylic acids is 1. The minimum Gasteiger partial charge on any atom is -0.492 e. The first-order valence-corrected chi connectivity index (χ1v) is 8.66. The Morgan fingerprint density at radius 2 is 2.15 bits per heavy atom. The Balaban J connectivity index is 0.000000828. The van der Waals surface area contributed by atoms with Crippen molar-refractivity contribution < 1.29 is 19.4 Å². The number of carbonyl (C=O) groups excluding carboxylic acids is 1. The predicted molar refractivity (Wildman–Crippen MR) is 101 cm³/mol. The van der Waals surface area contributed by atoms with E-state index in [1.165, 1.54) is 6.33 Å². The lowest BCUT2D eigenvalue weighted by atomic mass is 10.2. The van der Waals surface area contributed by atoms with E-state index in [-0.39, 0.29) is 11.9 Å². The number of hydrogen-bond acceptors (Lipinski definition) is 6. The van der Waals surface area contributed by atoms with E-state index in [9.17, 15) is 4.79 Å². The molecule has 0 fully saturated rings. The number of aromatic nitrogens is 3. The number of amides is 1. The summed E-state index contributed by atoms with van der Waals surface area (Å²) in [7, 11) is 0. The van der Waals surface area contributed by atoms with Gasteiger partial charge in [-0.1, -0.05) is 11.6 Å². The quantitative estimate of drug-likeness (QED) is 0.576. The van der Waals surface area contributed by atoms with Gasteiger partial charge < -0.3 is 20.9 Å². The standard InChI is InChI=1S/C15H20ClN5O2.C2H4O2/c1-11(8-21-10-18-9-19-21)20-15(22)12-3-4-14(13(16)7-12)23-6-2-5-17;1-2(3)4/h3-4,7,9-11H,2,5-6,8,17H2,1H3,(H,20,22);1H3,(H,3,4). The van der Waals surface area contributed by atoms with Crippen LogP contribution in [-0.4, -0.2) is 50.9 Å². The van der Waals surface area contributed by atoms with Crippen molar-refractivity contribution >= 4 is 23.5 Å². The van der Waals surface area contributed by atoms with Gasteiger partial charge in [-0.2, -0.15) is 5.10 Å². The van der Waals surface area contributed by atoms with E-state index >= 15 is 0 Å². The summed E-state index contributed by atoms with van der Waals surface area (Å²) in [4.78, 5) is 25.1. The average Bonchev–Trinajstić information content (AvgIpc) is 3.08. The van der Waals surface area contributed by atoms with E-state index in [2.05, 4.69) is 15.4 Å². The van der Waals surface area contributed by atoms with Crippen LogP contribution in [-0.2, 0) is 11.3 Å².